The molecule has 4 aromatic rings. The van der Waals surface area contributed by atoms with Crippen molar-refractivity contribution in [2.75, 3.05) is 0 Å². The topological polar surface area (TPSA) is 50.6 Å². The SMILES string of the molecule is CCCCCCC1=C(c2cccc(CCCCCC)c2)[N+](=[N-])C(c2ccc(CCCC)cc2)=C1CCCCC.CCCCCCCCCCCCCCCCCCCCCCCCCC[CH2][Ni][CH2]CCCCCCCCCCCCCCCCCCCCCCCCCC.CCCCCCCCc1cccc(C2=C(CCCCCC)C(CCCCC)=C(c3ccc(CCCC)cc3)[N+]2=[N-])c1.C[CH2][Ni][CH2]C. The van der Waals surface area contributed by atoms with E-state index in [1.54, 1.807) is 9.39 Å². The molecule has 6 rings (SSSR count). The number of hydrogen-bond donors (Lipinski definition) is 0. The first-order chi connectivity index (χ1) is 69.1. The van der Waals surface area contributed by atoms with E-state index in [1.165, 1.54) is 578 Å². The molecule has 4 nitrogen and oxygen atoms in total. The van der Waals surface area contributed by atoms with Gasteiger partial charge in [0.25, 0.3) is 0 Å². The quantitative estimate of drug-likeness (QED) is 0.0240. The molecule has 0 unspecified atom stereocenters. The molecule has 0 atom stereocenters. The zero-order chi connectivity index (χ0) is 101. The summed E-state index contributed by atoms with van der Waals surface area (Å²) in [6.07, 6.45) is 118. The maximum atomic E-state index is 12.0. The second-order valence-corrected chi connectivity index (χ2v) is 46.2. The number of allylic oxidation sites excluding steroid dienone is 4. The van der Waals surface area contributed by atoms with Crippen molar-refractivity contribution >= 4 is 22.8 Å². The van der Waals surface area contributed by atoms with Gasteiger partial charge in [-0.1, -0.05) is 426 Å². The molecule has 0 fully saturated rings. The average molecular weight is 2020 g/mol. The second-order valence-electron chi connectivity index (χ2n) is 42.8. The third kappa shape index (κ3) is 65.7. The Hall–Kier alpha value is -3.97. The Labute approximate surface area is 886 Å². The molecule has 0 N–H and O–H groups in total. The molecule has 0 bridgehead atoms. The molecule has 0 spiro atoms. The molecule has 0 aromatic heterocycles. The van der Waals surface area contributed by atoms with Crippen molar-refractivity contribution in [3.8, 4) is 0 Å². The van der Waals surface area contributed by atoms with E-state index in [2.05, 4.69) is 195 Å². The molecule has 0 saturated heterocycles. The zero-order valence-electron chi connectivity index (χ0n) is 95.3. The molecule has 2 aliphatic rings. The van der Waals surface area contributed by atoms with Crippen LogP contribution in [-0.2, 0) is 54.6 Å². The van der Waals surface area contributed by atoms with Gasteiger partial charge in [-0.05, 0) is 174 Å². The van der Waals surface area contributed by atoms with Crippen molar-refractivity contribution in [3.05, 3.63) is 175 Å². The summed E-state index contributed by atoms with van der Waals surface area (Å²) in [7, 11) is 0. The Morgan fingerprint density at radius 1 is 0.164 bits per heavy atom. The zero-order valence-corrected chi connectivity index (χ0v) is 97.3. The van der Waals surface area contributed by atoms with E-state index in [0.29, 0.717) is 0 Å². The summed E-state index contributed by atoms with van der Waals surface area (Å²) in [5.41, 5.74) is 43.6. The van der Waals surface area contributed by atoms with Gasteiger partial charge in [0.1, 0.15) is 0 Å². The van der Waals surface area contributed by atoms with Crippen LogP contribution in [0.4, 0.5) is 0 Å². The van der Waals surface area contributed by atoms with E-state index in [1.807, 2.05) is 14.4 Å². The van der Waals surface area contributed by atoms with Crippen LogP contribution >= 0.6 is 0 Å². The van der Waals surface area contributed by atoms with Gasteiger partial charge in [-0.2, -0.15) is 0 Å². The van der Waals surface area contributed by atoms with E-state index < -0.39 is 0 Å². The summed E-state index contributed by atoms with van der Waals surface area (Å²) >= 11 is 3.87. The molecule has 2 heterocycles. The fourth-order valence-electron chi connectivity index (χ4n) is 21.0. The van der Waals surface area contributed by atoms with Crippen LogP contribution in [0, 0.1) is 0 Å². The Kier molecular flexibility index (Phi) is 90.3. The van der Waals surface area contributed by atoms with Gasteiger partial charge in [0.2, 0.25) is 22.8 Å². The molecule has 4 aromatic carbocycles. The van der Waals surface area contributed by atoms with Crippen LogP contribution < -0.4 is 0 Å². The molecular formula is C134H232N4Ni2. The minimum absolute atomic E-state index is 1.02. The summed E-state index contributed by atoms with van der Waals surface area (Å²) < 4.78 is 3.13. The number of benzene rings is 4. The molecule has 0 saturated carbocycles. The normalized spacial score (nSPS) is 12.7. The van der Waals surface area contributed by atoms with E-state index >= 15 is 0 Å². The number of hydrogen-bond acceptors (Lipinski definition) is 0. The van der Waals surface area contributed by atoms with Crippen LogP contribution in [0.15, 0.2) is 119 Å². The van der Waals surface area contributed by atoms with Gasteiger partial charge >= 0.3 is 206 Å². The average Bonchev–Trinajstić information content (AvgIpc) is 1.61. The van der Waals surface area contributed by atoms with Crippen LogP contribution in [0.2, 0.25) is 21.6 Å². The Bertz CT molecular complexity index is 3550. The van der Waals surface area contributed by atoms with Crippen molar-refractivity contribution in [1.82, 2.24) is 0 Å². The van der Waals surface area contributed by atoms with Crippen LogP contribution in [0.25, 0.3) is 33.9 Å². The molecule has 0 radical (unpaired) electrons. The fraction of sp³-hybridized carbons (Fsp3) is 0.761. The summed E-state index contributed by atoms with van der Waals surface area (Å²) in [6, 6.07) is 36.1. The van der Waals surface area contributed by atoms with Crippen molar-refractivity contribution < 1.29 is 38.3 Å². The standard InChI is InChI=1S/C39H58N2.C37H54N2.2C27H55.2C2H5.2Ni/c1-5-9-13-15-16-18-22-33-23-20-24-35(31-33)39-37(26-19-14-10-6-2)36(25-17-11-7-3)38(41(39)40)34-29-27-32(28-30-34)21-12-8-4;1-5-9-13-16-20-31-21-18-22-33(29-31)37-35(24-17-14-10-6-2)34(23-15-11-7-3)36(39(37)38)32-27-25-30(26-28-32)19-12-8-4;2*1-3-5-7-9-11-13-15-17-19-21-23-25-27-26-24-22-20-18-16-14-12-10-8-6-4-2;2*1-2;;/h20,23-24,27-31H,5-19,21-22,25-26H2,1-4H3;18,21-22,25-29H,5-17,19-20,23-24H2,1-4H3;2*1,3-27H2,2H3;2*1H2,2H3;;. The Balaban J connectivity index is 0.000000534. The molecule has 2 aliphatic heterocycles. The molecule has 6 heteroatoms. The molecule has 0 amide bonds. The predicted molar refractivity (Wildman–Crippen MR) is 621 cm³/mol. The number of aryl methyl sites for hydroxylation is 4. The van der Waals surface area contributed by atoms with E-state index in [0.717, 1.165) is 85.3 Å². The first kappa shape index (κ1) is 130. The molecule has 0 aliphatic carbocycles. The summed E-state index contributed by atoms with van der Waals surface area (Å²) in [4.78, 5) is 0. The first-order valence-corrected chi connectivity index (χ1v) is 65.1. The van der Waals surface area contributed by atoms with Gasteiger partial charge in [0.15, 0.2) is 0 Å². The van der Waals surface area contributed by atoms with Gasteiger partial charge in [-0.15, -0.1) is 0 Å². The molecule has 140 heavy (non-hydrogen) atoms. The second kappa shape index (κ2) is 97.1. The summed E-state index contributed by atoms with van der Waals surface area (Å²) in [5, 5.41) is 5.43. The first-order valence-electron chi connectivity index (χ1n) is 62.3. The number of nitrogens with zero attached hydrogens (tertiary/aromatic N) is 4. The third-order valence-electron chi connectivity index (χ3n) is 29.9. The Morgan fingerprint density at radius 3 is 0.564 bits per heavy atom. The van der Waals surface area contributed by atoms with Crippen molar-refractivity contribution in [3.63, 3.8) is 0 Å². The van der Waals surface area contributed by atoms with Crippen molar-refractivity contribution in [2.24, 2.45) is 0 Å². The van der Waals surface area contributed by atoms with Gasteiger partial charge < -0.3 is 11.1 Å². The monoisotopic (exact) mass is 2010 g/mol. The van der Waals surface area contributed by atoms with Crippen LogP contribution in [-0.4, -0.2) is 9.39 Å². The molecular weight excluding hydrogens is 1780 g/mol. The number of unbranched alkanes of at least 4 members (excludes halogenated alkanes) is 68. The van der Waals surface area contributed by atoms with Crippen LogP contribution in [0.1, 0.15) is 654 Å². The van der Waals surface area contributed by atoms with Crippen molar-refractivity contribution in [1.29, 1.82) is 0 Å². The Morgan fingerprint density at radius 2 is 0.343 bits per heavy atom. The van der Waals surface area contributed by atoms with Gasteiger partial charge in [0.05, 0.1) is 0 Å². The van der Waals surface area contributed by atoms with Gasteiger partial charge in [0, 0.05) is 44.5 Å². The summed E-state index contributed by atoms with van der Waals surface area (Å²) in [6.45, 7) is 27.2. The third-order valence-corrected chi connectivity index (χ3v) is 32.3. The number of rotatable bonds is 94. The van der Waals surface area contributed by atoms with Crippen LogP contribution in [0.5, 0.6) is 0 Å². The molecule has 808 valence electrons. The fourth-order valence-corrected chi connectivity index (χ4v) is 22.7. The van der Waals surface area contributed by atoms with Crippen LogP contribution in [0.3, 0.4) is 0 Å². The van der Waals surface area contributed by atoms with Crippen molar-refractivity contribution in [2.45, 2.75) is 657 Å². The predicted octanol–water partition coefficient (Wildman–Crippen LogP) is 47.9. The summed E-state index contributed by atoms with van der Waals surface area (Å²) in [5.74, 6) is 0. The van der Waals surface area contributed by atoms with E-state index in [4.69, 9.17) is 0 Å². The maximum absolute atomic E-state index is 12.0. The van der Waals surface area contributed by atoms with Gasteiger partial charge in [-0.25, -0.2) is 9.39 Å². The van der Waals surface area contributed by atoms with E-state index in [9.17, 15) is 11.1 Å². The minimum atomic E-state index is 1.02. The van der Waals surface area contributed by atoms with Gasteiger partial charge in [-0.3, -0.25) is 0 Å². The van der Waals surface area contributed by atoms with E-state index in [-0.39, 0.29) is 0 Å².